The largest absolute Gasteiger partial charge is 0.459 e. The average molecular weight is 314 g/mol. The second-order valence-electron chi connectivity index (χ2n) is 4.38. The first-order valence-corrected chi connectivity index (χ1v) is 6.58. The number of furan rings is 1. The first-order chi connectivity index (χ1) is 11.1. The van der Waals surface area contributed by atoms with Crippen molar-refractivity contribution in [2.75, 3.05) is 5.32 Å². The number of hydrogen-bond acceptors (Lipinski definition) is 6. The van der Waals surface area contributed by atoms with Gasteiger partial charge in [-0.3, -0.25) is 9.59 Å². The van der Waals surface area contributed by atoms with Gasteiger partial charge in [0, 0.05) is 5.69 Å². The summed E-state index contributed by atoms with van der Waals surface area (Å²) in [6, 6.07) is 11.7. The quantitative estimate of drug-likeness (QED) is 0.443. The van der Waals surface area contributed by atoms with E-state index < -0.39 is 11.8 Å². The van der Waals surface area contributed by atoms with Crippen LogP contribution in [0.5, 0.6) is 0 Å². The zero-order chi connectivity index (χ0) is 16.7. The molecule has 8 nitrogen and oxygen atoms in total. The fraction of sp³-hybridized carbons (Fsp3) is 0.0667. The molecule has 1 heterocycles. The SMILES string of the molecule is CC(=N\NC(=O)c1ccco1)/C(=N\O)C(=O)Nc1ccccc1. The first-order valence-electron chi connectivity index (χ1n) is 6.58. The Bertz CT molecular complexity index is 736. The van der Waals surface area contributed by atoms with Crippen LogP contribution in [0.2, 0.25) is 0 Å². The third-order valence-electron chi connectivity index (χ3n) is 2.76. The Labute approximate surface area is 131 Å². The predicted octanol–water partition coefficient (Wildman–Crippen LogP) is 1.85. The van der Waals surface area contributed by atoms with Crippen LogP contribution in [-0.4, -0.2) is 28.4 Å². The molecule has 2 amide bonds. The highest BCUT2D eigenvalue weighted by atomic mass is 16.4. The summed E-state index contributed by atoms with van der Waals surface area (Å²) in [4.78, 5) is 23.7. The summed E-state index contributed by atoms with van der Waals surface area (Å²) >= 11 is 0. The van der Waals surface area contributed by atoms with E-state index in [0.717, 1.165) is 0 Å². The van der Waals surface area contributed by atoms with Crippen molar-refractivity contribution in [3.63, 3.8) is 0 Å². The molecule has 1 aromatic heterocycles. The third kappa shape index (κ3) is 4.27. The zero-order valence-electron chi connectivity index (χ0n) is 12.2. The monoisotopic (exact) mass is 314 g/mol. The molecule has 118 valence electrons. The lowest BCUT2D eigenvalue weighted by Gasteiger charge is -2.06. The van der Waals surface area contributed by atoms with E-state index in [1.54, 1.807) is 36.4 Å². The molecule has 8 heteroatoms. The van der Waals surface area contributed by atoms with E-state index in [2.05, 4.69) is 21.0 Å². The van der Waals surface area contributed by atoms with Crippen LogP contribution in [0.4, 0.5) is 5.69 Å². The number of carbonyl (C=O) groups excluding carboxylic acids is 2. The van der Waals surface area contributed by atoms with Crippen LogP contribution in [0.1, 0.15) is 17.5 Å². The van der Waals surface area contributed by atoms with Gasteiger partial charge < -0.3 is 14.9 Å². The van der Waals surface area contributed by atoms with E-state index in [9.17, 15) is 9.59 Å². The van der Waals surface area contributed by atoms with Crippen molar-refractivity contribution in [3.8, 4) is 0 Å². The smallest absolute Gasteiger partial charge is 0.307 e. The van der Waals surface area contributed by atoms with E-state index in [0.29, 0.717) is 5.69 Å². The Morgan fingerprint density at radius 2 is 1.87 bits per heavy atom. The molecule has 0 unspecified atom stereocenters. The molecular formula is C15H14N4O4. The van der Waals surface area contributed by atoms with E-state index in [-0.39, 0.29) is 17.2 Å². The normalized spacial score (nSPS) is 11.9. The van der Waals surface area contributed by atoms with Gasteiger partial charge in [0.25, 0.3) is 5.91 Å². The second-order valence-corrected chi connectivity index (χ2v) is 4.38. The van der Waals surface area contributed by atoms with Crippen molar-refractivity contribution in [1.29, 1.82) is 0 Å². The number of carbonyl (C=O) groups is 2. The lowest BCUT2D eigenvalue weighted by Crippen LogP contribution is -2.31. The van der Waals surface area contributed by atoms with Crippen LogP contribution in [-0.2, 0) is 4.79 Å². The fourth-order valence-corrected chi connectivity index (χ4v) is 1.64. The molecule has 0 saturated carbocycles. The summed E-state index contributed by atoms with van der Waals surface area (Å²) in [5.41, 5.74) is 2.44. The molecule has 2 aromatic rings. The number of nitrogens with zero attached hydrogens (tertiary/aromatic N) is 2. The summed E-state index contributed by atoms with van der Waals surface area (Å²) in [7, 11) is 0. The second kappa shape index (κ2) is 7.55. The Morgan fingerprint density at radius 1 is 1.13 bits per heavy atom. The molecule has 0 radical (unpaired) electrons. The van der Waals surface area contributed by atoms with Gasteiger partial charge in [0.2, 0.25) is 0 Å². The Kier molecular flexibility index (Phi) is 5.24. The molecular weight excluding hydrogens is 300 g/mol. The van der Waals surface area contributed by atoms with Crippen LogP contribution in [0.25, 0.3) is 0 Å². The molecule has 0 fully saturated rings. The third-order valence-corrected chi connectivity index (χ3v) is 2.76. The number of nitrogens with one attached hydrogen (secondary N) is 2. The van der Waals surface area contributed by atoms with E-state index in [1.165, 1.54) is 19.3 Å². The molecule has 0 saturated heterocycles. The van der Waals surface area contributed by atoms with Crippen molar-refractivity contribution in [2.24, 2.45) is 10.3 Å². The summed E-state index contributed by atoms with van der Waals surface area (Å²) in [5, 5.41) is 18.2. The number of benzene rings is 1. The van der Waals surface area contributed by atoms with Crippen molar-refractivity contribution >= 4 is 28.9 Å². The molecule has 2 rings (SSSR count). The fourth-order valence-electron chi connectivity index (χ4n) is 1.64. The van der Waals surface area contributed by atoms with Crippen LogP contribution in [0, 0.1) is 0 Å². The molecule has 0 atom stereocenters. The summed E-state index contributed by atoms with van der Waals surface area (Å²) in [6.07, 6.45) is 1.35. The molecule has 23 heavy (non-hydrogen) atoms. The number of hydrogen-bond donors (Lipinski definition) is 3. The maximum atomic E-state index is 12.0. The molecule has 0 aliphatic carbocycles. The Morgan fingerprint density at radius 3 is 2.48 bits per heavy atom. The number of para-hydroxylation sites is 1. The van der Waals surface area contributed by atoms with Crippen LogP contribution < -0.4 is 10.7 Å². The van der Waals surface area contributed by atoms with Crippen LogP contribution in [0.15, 0.2) is 63.4 Å². The van der Waals surface area contributed by atoms with E-state index in [4.69, 9.17) is 9.62 Å². The van der Waals surface area contributed by atoms with E-state index >= 15 is 0 Å². The van der Waals surface area contributed by atoms with Gasteiger partial charge in [-0.2, -0.15) is 5.10 Å². The molecule has 1 aromatic carbocycles. The van der Waals surface area contributed by atoms with Crippen LogP contribution in [0.3, 0.4) is 0 Å². The average Bonchev–Trinajstić information content (AvgIpc) is 3.08. The maximum Gasteiger partial charge on any atom is 0.307 e. The van der Waals surface area contributed by atoms with Gasteiger partial charge in [0.05, 0.1) is 12.0 Å². The zero-order valence-corrected chi connectivity index (χ0v) is 12.2. The van der Waals surface area contributed by atoms with Gasteiger partial charge in [-0.1, -0.05) is 23.4 Å². The van der Waals surface area contributed by atoms with Crippen molar-refractivity contribution < 1.29 is 19.2 Å². The minimum absolute atomic E-state index is 0.0286. The maximum absolute atomic E-state index is 12.0. The molecule has 3 N–H and O–H groups in total. The highest BCUT2D eigenvalue weighted by molar-refractivity contribution is 6.68. The minimum Gasteiger partial charge on any atom is -0.459 e. The van der Waals surface area contributed by atoms with Crippen molar-refractivity contribution in [3.05, 3.63) is 54.5 Å². The lowest BCUT2D eigenvalue weighted by atomic mass is 10.2. The van der Waals surface area contributed by atoms with Gasteiger partial charge in [-0.25, -0.2) is 5.43 Å². The number of anilines is 1. The van der Waals surface area contributed by atoms with Gasteiger partial charge in [0.1, 0.15) is 0 Å². The van der Waals surface area contributed by atoms with Gasteiger partial charge >= 0.3 is 5.91 Å². The van der Waals surface area contributed by atoms with Gasteiger partial charge in [-0.05, 0) is 31.2 Å². The lowest BCUT2D eigenvalue weighted by molar-refractivity contribution is -0.110. The Hall–Kier alpha value is -3.42. The molecule has 0 aliphatic heterocycles. The summed E-state index contributed by atoms with van der Waals surface area (Å²) in [5.74, 6) is -1.18. The van der Waals surface area contributed by atoms with Gasteiger partial charge in [0.15, 0.2) is 11.5 Å². The van der Waals surface area contributed by atoms with Crippen LogP contribution >= 0.6 is 0 Å². The van der Waals surface area contributed by atoms with Gasteiger partial charge in [-0.15, -0.1) is 0 Å². The summed E-state index contributed by atoms with van der Waals surface area (Å²) < 4.78 is 4.90. The van der Waals surface area contributed by atoms with Crippen molar-refractivity contribution in [1.82, 2.24) is 5.43 Å². The molecule has 0 bridgehead atoms. The highest BCUT2D eigenvalue weighted by Crippen LogP contribution is 2.05. The van der Waals surface area contributed by atoms with Crippen molar-refractivity contribution in [2.45, 2.75) is 6.92 Å². The number of hydrazone groups is 1. The number of amides is 2. The Balaban J connectivity index is 2.03. The first kappa shape index (κ1) is 16.0. The van der Waals surface area contributed by atoms with E-state index in [1.807, 2.05) is 0 Å². The standard InChI is InChI=1S/C15H14N4O4/c1-10(17-18-14(20)12-8-5-9-23-12)13(19-22)15(21)16-11-6-3-2-4-7-11/h2-9,22H,1H3,(H,16,21)(H,18,20)/b17-10+,19-13+. The molecule has 0 spiro atoms. The highest BCUT2D eigenvalue weighted by Gasteiger charge is 2.17. The summed E-state index contributed by atoms with van der Waals surface area (Å²) in [6.45, 7) is 1.42. The molecule has 0 aliphatic rings. The number of rotatable bonds is 5. The predicted molar refractivity (Wildman–Crippen MR) is 83.6 cm³/mol. The topological polar surface area (TPSA) is 116 Å². The number of oxime groups is 1. The minimum atomic E-state index is -0.660.